The maximum atomic E-state index is 13.0. The Morgan fingerprint density at radius 1 is 0.500 bits per heavy atom. The third-order valence-electron chi connectivity index (χ3n) is 14.3. The van der Waals surface area contributed by atoms with Crippen LogP contribution < -0.4 is 5.32 Å². The summed E-state index contributed by atoms with van der Waals surface area (Å²) in [5.74, 6) is -0.156. The zero-order chi connectivity index (χ0) is 49.4. The van der Waals surface area contributed by atoms with Gasteiger partial charge in [-0.2, -0.15) is 0 Å². The van der Waals surface area contributed by atoms with Gasteiger partial charge in [0.05, 0.1) is 25.4 Å². The monoisotopic (exact) mass is 964 g/mol. The van der Waals surface area contributed by atoms with Crippen LogP contribution in [-0.2, 0) is 14.3 Å². The Morgan fingerprint density at radius 2 is 0.897 bits per heavy atom. The summed E-state index contributed by atoms with van der Waals surface area (Å²) < 4.78 is 11.3. The van der Waals surface area contributed by atoms with Crippen molar-refractivity contribution < 1.29 is 39.8 Å². The van der Waals surface area contributed by atoms with Crippen LogP contribution in [0.15, 0.2) is 24.3 Å². The number of hydrogen-bond acceptors (Lipinski definition) is 8. The molecular weight excluding hydrogens is 851 g/mol. The summed E-state index contributed by atoms with van der Waals surface area (Å²) in [6.45, 7) is 3.79. The second kappa shape index (κ2) is 49.3. The molecule has 0 bridgehead atoms. The van der Waals surface area contributed by atoms with Crippen LogP contribution in [0, 0.1) is 0 Å². The number of carbonyl (C=O) groups is 1. The fourth-order valence-corrected chi connectivity index (χ4v) is 9.61. The summed E-state index contributed by atoms with van der Waals surface area (Å²) >= 11 is 0. The minimum atomic E-state index is -1.56. The van der Waals surface area contributed by atoms with Gasteiger partial charge in [-0.15, -0.1) is 0 Å². The highest BCUT2D eigenvalue weighted by atomic mass is 16.7. The molecule has 0 aromatic heterocycles. The van der Waals surface area contributed by atoms with Crippen molar-refractivity contribution >= 4 is 5.91 Å². The maximum absolute atomic E-state index is 13.0. The molecule has 6 N–H and O–H groups in total. The molecule has 0 spiro atoms. The number of nitrogens with one attached hydrogen (secondary N) is 1. The van der Waals surface area contributed by atoms with Crippen LogP contribution in [-0.4, -0.2) is 87.5 Å². The largest absolute Gasteiger partial charge is 0.394 e. The second-order valence-corrected chi connectivity index (χ2v) is 20.8. The zero-order valence-corrected chi connectivity index (χ0v) is 44.6. The lowest BCUT2D eigenvalue weighted by molar-refractivity contribution is -0.302. The van der Waals surface area contributed by atoms with Crippen LogP contribution in [0.25, 0.3) is 0 Å². The van der Waals surface area contributed by atoms with Gasteiger partial charge in [0.1, 0.15) is 24.4 Å². The maximum Gasteiger partial charge on any atom is 0.220 e. The van der Waals surface area contributed by atoms with Gasteiger partial charge >= 0.3 is 0 Å². The zero-order valence-electron chi connectivity index (χ0n) is 44.6. The number of unbranched alkanes of at least 4 members (excludes halogenated alkanes) is 37. The molecule has 0 saturated carbocycles. The summed E-state index contributed by atoms with van der Waals surface area (Å²) in [6.07, 6.45) is 55.2. The molecule has 9 nitrogen and oxygen atoms in total. The highest BCUT2D eigenvalue weighted by Gasteiger charge is 2.44. The Labute approximate surface area is 419 Å². The normalized spacial score (nSPS) is 19.7. The van der Waals surface area contributed by atoms with E-state index in [1.165, 1.54) is 193 Å². The van der Waals surface area contributed by atoms with Crippen molar-refractivity contribution in [3.8, 4) is 0 Å². The predicted octanol–water partition coefficient (Wildman–Crippen LogP) is 14.6. The van der Waals surface area contributed by atoms with Crippen LogP contribution >= 0.6 is 0 Å². The first-order valence-corrected chi connectivity index (χ1v) is 29.5. The molecule has 0 aromatic carbocycles. The summed E-state index contributed by atoms with van der Waals surface area (Å²) in [4.78, 5) is 13.0. The molecule has 1 amide bonds. The quantitative estimate of drug-likeness (QED) is 0.0261. The van der Waals surface area contributed by atoms with Gasteiger partial charge in [0.2, 0.25) is 5.91 Å². The van der Waals surface area contributed by atoms with Crippen molar-refractivity contribution in [3.05, 3.63) is 24.3 Å². The molecule has 402 valence electrons. The molecule has 0 radical (unpaired) electrons. The first-order valence-electron chi connectivity index (χ1n) is 29.5. The minimum absolute atomic E-state index is 0.142. The Bertz CT molecular complexity index is 1120. The Balaban J connectivity index is 2.10. The minimum Gasteiger partial charge on any atom is -0.394 e. The van der Waals surface area contributed by atoms with E-state index in [9.17, 15) is 30.3 Å². The van der Waals surface area contributed by atoms with Crippen LogP contribution in [0.2, 0.25) is 0 Å². The Kier molecular flexibility index (Phi) is 46.9. The van der Waals surface area contributed by atoms with Gasteiger partial charge in [0.25, 0.3) is 0 Å². The lowest BCUT2D eigenvalue weighted by atomic mass is 9.99. The van der Waals surface area contributed by atoms with Crippen molar-refractivity contribution in [2.24, 2.45) is 0 Å². The average molecular weight is 965 g/mol. The fourth-order valence-electron chi connectivity index (χ4n) is 9.61. The van der Waals surface area contributed by atoms with E-state index in [1.54, 1.807) is 0 Å². The van der Waals surface area contributed by atoms with Gasteiger partial charge in [-0.3, -0.25) is 4.79 Å². The molecule has 7 unspecified atom stereocenters. The summed E-state index contributed by atoms with van der Waals surface area (Å²) in [5.41, 5.74) is 0. The van der Waals surface area contributed by atoms with Crippen LogP contribution in [0.1, 0.15) is 290 Å². The number of aliphatic hydroxyl groups excluding tert-OH is 5. The number of aliphatic hydroxyl groups is 5. The molecule has 1 rings (SSSR count). The van der Waals surface area contributed by atoms with Crippen LogP contribution in [0.3, 0.4) is 0 Å². The lowest BCUT2D eigenvalue weighted by Crippen LogP contribution is -2.60. The Hall–Kier alpha value is -1.33. The summed E-state index contributed by atoms with van der Waals surface area (Å²) in [5, 5.41) is 54.6. The van der Waals surface area contributed by atoms with Gasteiger partial charge < -0.3 is 40.3 Å². The molecule has 7 atom stereocenters. The van der Waals surface area contributed by atoms with Gasteiger partial charge in [0.15, 0.2) is 6.29 Å². The third kappa shape index (κ3) is 38.4. The van der Waals surface area contributed by atoms with E-state index in [-0.39, 0.29) is 12.5 Å². The SMILES string of the molecule is CCC/C=C\C/C=C\CCCCCCCC(=O)NC(COC1OC(CO)C(O)C(O)C1O)C(O)CCCCCCCCCCCCCCCCCCCCCCCCCCCCCCCCCC. The van der Waals surface area contributed by atoms with E-state index in [2.05, 4.69) is 43.5 Å². The second-order valence-electron chi connectivity index (χ2n) is 20.8. The van der Waals surface area contributed by atoms with Gasteiger partial charge in [-0.05, 0) is 38.5 Å². The molecule has 0 aromatic rings. The number of amides is 1. The van der Waals surface area contributed by atoms with Crippen molar-refractivity contribution in [2.45, 2.75) is 333 Å². The highest BCUT2D eigenvalue weighted by Crippen LogP contribution is 2.23. The first-order chi connectivity index (χ1) is 33.3. The van der Waals surface area contributed by atoms with E-state index in [1.807, 2.05) is 0 Å². The third-order valence-corrected chi connectivity index (χ3v) is 14.3. The average Bonchev–Trinajstić information content (AvgIpc) is 3.34. The number of carbonyl (C=O) groups excluding carboxylic acids is 1. The molecule has 68 heavy (non-hydrogen) atoms. The van der Waals surface area contributed by atoms with E-state index in [0.717, 1.165) is 70.6 Å². The van der Waals surface area contributed by atoms with E-state index >= 15 is 0 Å². The summed E-state index contributed by atoms with van der Waals surface area (Å²) in [6, 6.07) is -0.725. The topological polar surface area (TPSA) is 149 Å². The fraction of sp³-hybridized carbons (Fsp3) is 0.915. The highest BCUT2D eigenvalue weighted by molar-refractivity contribution is 5.76. The van der Waals surface area contributed by atoms with Crippen LogP contribution in [0.5, 0.6) is 0 Å². The summed E-state index contributed by atoms with van der Waals surface area (Å²) in [7, 11) is 0. The van der Waals surface area contributed by atoms with E-state index in [0.29, 0.717) is 12.8 Å². The van der Waals surface area contributed by atoms with Crippen LogP contribution in [0.4, 0.5) is 0 Å². The molecular formula is C59H113NO8. The predicted molar refractivity (Wildman–Crippen MR) is 286 cm³/mol. The van der Waals surface area contributed by atoms with E-state index in [4.69, 9.17) is 9.47 Å². The molecule has 1 heterocycles. The van der Waals surface area contributed by atoms with Gasteiger partial charge in [-0.1, -0.05) is 269 Å². The molecule has 1 aliphatic rings. The number of hydrogen-bond donors (Lipinski definition) is 6. The lowest BCUT2D eigenvalue weighted by Gasteiger charge is -2.40. The molecule has 9 heteroatoms. The molecule has 1 aliphatic heterocycles. The van der Waals surface area contributed by atoms with Gasteiger partial charge in [0, 0.05) is 6.42 Å². The number of rotatable bonds is 51. The molecule has 0 aliphatic carbocycles. The number of allylic oxidation sites excluding steroid dienone is 4. The first kappa shape index (κ1) is 64.7. The standard InChI is InChI=1S/C59H113NO8/c1-3-5-7-9-11-13-15-17-18-19-20-21-22-23-24-25-26-27-28-29-30-31-32-33-34-35-37-38-40-42-44-46-48-53(62)52(51-67-59-58(66)57(65)56(64)54(50-61)68-59)60-55(63)49-47-45-43-41-39-36-16-14-12-10-8-6-4-2/h8,10,14,16,52-54,56-59,61-62,64-66H,3-7,9,11-13,15,17-51H2,1-2H3,(H,60,63)/b10-8-,16-14-. The molecule has 1 fully saturated rings. The van der Waals surface area contributed by atoms with Crippen molar-refractivity contribution in [3.63, 3.8) is 0 Å². The van der Waals surface area contributed by atoms with Crippen molar-refractivity contribution in [1.82, 2.24) is 5.32 Å². The molecule has 1 saturated heterocycles. The van der Waals surface area contributed by atoms with E-state index < -0.39 is 49.5 Å². The van der Waals surface area contributed by atoms with Crippen molar-refractivity contribution in [2.75, 3.05) is 13.2 Å². The number of ether oxygens (including phenoxy) is 2. The van der Waals surface area contributed by atoms with Crippen molar-refractivity contribution in [1.29, 1.82) is 0 Å². The van der Waals surface area contributed by atoms with Gasteiger partial charge in [-0.25, -0.2) is 0 Å². The Morgan fingerprint density at radius 3 is 1.32 bits per heavy atom. The smallest absolute Gasteiger partial charge is 0.220 e.